The van der Waals surface area contributed by atoms with Crippen LogP contribution in [0.4, 0.5) is 0 Å². The Balaban J connectivity index is 2.12. The van der Waals surface area contributed by atoms with Crippen LogP contribution in [0.1, 0.15) is 67.5 Å². The summed E-state index contributed by atoms with van der Waals surface area (Å²) >= 11 is 0. The highest BCUT2D eigenvalue weighted by Gasteiger charge is 2.19. The van der Waals surface area contributed by atoms with Crippen LogP contribution < -0.4 is 4.74 Å². The molecule has 4 nitrogen and oxygen atoms in total. The van der Waals surface area contributed by atoms with Gasteiger partial charge in [-0.05, 0) is 42.9 Å². The van der Waals surface area contributed by atoms with E-state index < -0.39 is 12.1 Å². The molecule has 0 amide bonds. The van der Waals surface area contributed by atoms with E-state index in [9.17, 15) is 9.90 Å². The smallest absolute Gasteiger partial charge is 0.341 e. The summed E-state index contributed by atoms with van der Waals surface area (Å²) in [4.78, 5) is 12.0. The summed E-state index contributed by atoms with van der Waals surface area (Å²) in [5.74, 6) is 0.688. The van der Waals surface area contributed by atoms with Crippen LogP contribution in [-0.2, 0) is 4.74 Å². The molecule has 0 heterocycles. The van der Waals surface area contributed by atoms with E-state index in [1.54, 1.807) is 12.1 Å². The molecule has 0 spiro atoms. The zero-order valence-electron chi connectivity index (χ0n) is 13.5. The van der Waals surface area contributed by atoms with E-state index >= 15 is 0 Å². The van der Waals surface area contributed by atoms with Crippen LogP contribution in [0, 0.1) is 5.92 Å². The SMILES string of the molecule is CCC(O)c1ccc(OCC2CCCCC2)c(C(=O)OC)c1. The summed E-state index contributed by atoms with van der Waals surface area (Å²) in [6.07, 6.45) is 6.26. The van der Waals surface area contributed by atoms with Crippen LogP contribution in [0.5, 0.6) is 5.75 Å². The first-order valence-corrected chi connectivity index (χ1v) is 8.18. The lowest BCUT2D eigenvalue weighted by Gasteiger charge is -2.22. The van der Waals surface area contributed by atoms with Gasteiger partial charge in [0.25, 0.3) is 0 Å². The minimum Gasteiger partial charge on any atom is -0.492 e. The van der Waals surface area contributed by atoms with Gasteiger partial charge in [0, 0.05) is 0 Å². The lowest BCUT2D eigenvalue weighted by atomic mass is 9.90. The molecule has 4 heteroatoms. The molecule has 1 aromatic carbocycles. The van der Waals surface area contributed by atoms with Gasteiger partial charge in [-0.25, -0.2) is 4.79 Å². The maximum Gasteiger partial charge on any atom is 0.341 e. The van der Waals surface area contributed by atoms with Gasteiger partial charge in [-0.15, -0.1) is 0 Å². The molecule has 22 heavy (non-hydrogen) atoms. The minimum atomic E-state index is -0.573. The Labute approximate surface area is 132 Å². The van der Waals surface area contributed by atoms with Gasteiger partial charge in [-0.2, -0.15) is 0 Å². The molecule has 1 atom stereocenters. The Morgan fingerprint density at radius 2 is 2.05 bits per heavy atom. The molecule has 1 aliphatic carbocycles. The van der Waals surface area contributed by atoms with Crippen LogP contribution in [0.25, 0.3) is 0 Å². The molecule has 0 saturated heterocycles. The first-order valence-electron chi connectivity index (χ1n) is 8.18. The van der Waals surface area contributed by atoms with Gasteiger partial charge in [0.05, 0.1) is 19.8 Å². The van der Waals surface area contributed by atoms with Crippen LogP contribution in [0.2, 0.25) is 0 Å². The van der Waals surface area contributed by atoms with E-state index in [1.807, 2.05) is 13.0 Å². The van der Waals surface area contributed by atoms with Gasteiger partial charge in [0.15, 0.2) is 0 Å². The number of hydrogen-bond acceptors (Lipinski definition) is 4. The van der Waals surface area contributed by atoms with E-state index in [-0.39, 0.29) is 0 Å². The molecule has 1 saturated carbocycles. The number of methoxy groups -OCH3 is 1. The number of aliphatic hydroxyl groups excluding tert-OH is 1. The van der Waals surface area contributed by atoms with Gasteiger partial charge in [0.2, 0.25) is 0 Å². The summed E-state index contributed by atoms with van der Waals surface area (Å²) in [5, 5.41) is 9.94. The summed E-state index contributed by atoms with van der Waals surface area (Å²) in [6, 6.07) is 5.26. The number of esters is 1. The average Bonchev–Trinajstić information content (AvgIpc) is 2.59. The zero-order valence-corrected chi connectivity index (χ0v) is 13.5. The first kappa shape index (κ1) is 16.8. The standard InChI is InChI=1S/C18H26O4/c1-3-16(19)14-9-10-17(15(11-14)18(20)21-2)22-12-13-7-5-4-6-8-13/h9-11,13,16,19H,3-8,12H2,1-2H3. The van der Waals surface area contributed by atoms with Crippen molar-refractivity contribution in [1.82, 2.24) is 0 Å². The van der Waals surface area contributed by atoms with Gasteiger partial charge >= 0.3 is 5.97 Å². The van der Waals surface area contributed by atoms with Gasteiger partial charge in [0.1, 0.15) is 11.3 Å². The lowest BCUT2D eigenvalue weighted by molar-refractivity contribution is 0.0594. The van der Waals surface area contributed by atoms with Crippen LogP contribution in [-0.4, -0.2) is 24.8 Å². The number of ether oxygens (including phenoxy) is 2. The van der Waals surface area contributed by atoms with Crippen molar-refractivity contribution in [3.63, 3.8) is 0 Å². The third kappa shape index (κ3) is 4.23. The van der Waals surface area contributed by atoms with Crippen molar-refractivity contribution in [1.29, 1.82) is 0 Å². The summed E-state index contributed by atoms with van der Waals surface area (Å²) in [6.45, 7) is 2.54. The van der Waals surface area contributed by atoms with Crippen molar-refractivity contribution in [3.8, 4) is 5.75 Å². The van der Waals surface area contributed by atoms with Gasteiger partial charge in [-0.1, -0.05) is 32.3 Å². The molecule has 1 N–H and O–H groups in total. The Kier molecular flexibility index (Phi) is 6.25. The van der Waals surface area contributed by atoms with Crippen molar-refractivity contribution in [2.24, 2.45) is 5.92 Å². The number of carbonyl (C=O) groups is 1. The highest BCUT2D eigenvalue weighted by molar-refractivity contribution is 5.92. The molecule has 0 radical (unpaired) electrons. The third-order valence-corrected chi connectivity index (χ3v) is 4.38. The second kappa shape index (κ2) is 8.18. The molecule has 1 aromatic rings. The predicted octanol–water partition coefficient (Wildman–Crippen LogP) is 3.88. The minimum absolute atomic E-state index is 0.392. The van der Waals surface area contributed by atoms with E-state index in [0.29, 0.717) is 35.8 Å². The van der Waals surface area contributed by atoms with Crippen molar-refractivity contribution < 1.29 is 19.4 Å². The van der Waals surface area contributed by atoms with E-state index in [2.05, 4.69) is 0 Å². The third-order valence-electron chi connectivity index (χ3n) is 4.38. The maximum absolute atomic E-state index is 12.0. The molecule has 1 unspecified atom stereocenters. The molecule has 2 rings (SSSR count). The maximum atomic E-state index is 12.0. The number of aliphatic hydroxyl groups is 1. The fourth-order valence-corrected chi connectivity index (χ4v) is 2.95. The number of carbonyl (C=O) groups excluding carboxylic acids is 1. The monoisotopic (exact) mass is 306 g/mol. The lowest BCUT2D eigenvalue weighted by Crippen LogP contribution is -2.17. The van der Waals surface area contributed by atoms with E-state index in [4.69, 9.17) is 9.47 Å². The summed E-state index contributed by atoms with van der Waals surface area (Å²) in [7, 11) is 1.36. The van der Waals surface area contributed by atoms with Gasteiger partial charge < -0.3 is 14.6 Å². The first-order chi connectivity index (χ1) is 10.7. The Hall–Kier alpha value is -1.55. The van der Waals surface area contributed by atoms with Crippen molar-refractivity contribution in [2.75, 3.05) is 13.7 Å². The number of hydrogen-bond donors (Lipinski definition) is 1. The van der Waals surface area contributed by atoms with Crippen LogP contribution in [0.3, 0.4) is 0 Å². The quantitative estimate of drug-likeness (QED) is 0.810. The molecular weight excluding hydrogens is 280 g/mol. The number of rotatable bonds is 6. The van der Waals surface area contributed by atoms with E-state index in [0.717, 1.165) is 0 Å². The zero-order chi connectivity index (χ0) is 15.9. The van der Waals surface area contributed by atoms with Crippen molar-refractivity contribution >= 4 is 5.97 Å². The Morgan fingerprint density at radius 3 is 2.68 bits per heavy atom. The summed E-state index contributed by atoms with van der Waals surface area (Å²) in [5.41, 5.74) is 1.11. The molecule has 1 aliphatic rings. The normalized spacial score (nSPS) is 17.0. The molecule has 0 aromatic heterocycles. The Bertz CT molecular complexity index is 492. The highest BCUT2D eigenvalue weighted by Crippen LogP contribution is 2.28. The topological polar surface area (TPSA) is 55.8 Å². The summed E-state index contributed by atoms with van der Waals surface area (Å²) < 4.78 is 10.7. The second-order valence-electron chi connectivity index (χ2n) is 5.99. The highest BCUT2D eigenvalue weighted by atomic mass is 16.5. The molecule has 0 bridgehead atoms. The fourth-order valence-electron chi connectivity index (χ4n) is 2.95. The van der Waals surface area contributed by atoms with Crippen LogP contribution >= 0.6 is 0 Å². The molecule has 0 aliphatic heterocycles. The van der Waals surface area contributed by atoms with Crippen LogP contribution in [0.15, 0.2) is 18.2 Å². The van der Waals surface area contributed by atoms with Crippen molar-refractivity contribution in [3.05, 3.63) is 29.3 Å². The fraction of sp³-hybridized carbons (Fsp3) is 0.611. The average molecular weight is 306 g/mol. The van der Waals surface area contributed by atoms with Gasteiger partial charge in [-0.3, -0.25) is 0 Å². The van der Waals surface area contributed by atoms with E-state index in [1.165, 1.54) is 39.2 Å². The molecule has 1 fully saturated rings. The van der Waals surface area contributed by atoms with Crippen molar-refractivity contribution in [2.45, 2.75) is 51.6 Å². The largest absolute Gasteiger partial charge is 0.492 e. The number of benzene rings is 1. The second-order valence-corrected chi connectivity index (χ2v) is 5.99. The predicted molar refractivity (Wildman–Crippen MR) is 85.1 cm³/mol. The molecular formula is C18H26O4. The molecule has 122 valence electrons. The Morgan fingerprint density at radius 1 is 1.32 bits per heavy atom.